The molecule has 2 aromatic rings. The average Bonchev–Trinajstić information content (AvgIpc) is 2.77. The van der Waals surface area contributed by atoms with Gasteiger partial charge in [0.25, 0.3) is 0 Å². The van der Waals surface area contributed by atoms with E-state index >= 15 is 0 Å². The fraction of sp³-hybridized carbons (Fsp3) is 0.300. The third-order valence-electron chi connectivity index (χ3n) is 2.09. The molecular formula is C10H11FN4OS. The number of thioether (sulfide) groups is 1. The number of aromatic nitrogens is 4. The van der Waals surface area contributed by atoms with Gasteiger partial charge in [-0.2, -0.15) is 0 Å². The summed E-state index contributed by atoms with van der Waals surface area (Å²) in [5.74, 6) is 0.412. The van der Waals surface area contributed by atoms with Gasteiger partial charge in [-0.05, 0) is 28.1 Å². The monoisotopic (exact) mass is 254 g/mol. The molecule has 17 heavy (non-hydrogen) atoms. The maximum absolute atomic E-state index is 12.7. The Morgan fingerprint density at radius 3 is 2.76 bits per heavy atom. The van der Waals surface area contributed by atoms with E-state index in [9.17, 15) is 4.39 Å². The molecule has 1 aromatic carbocycles. The number of nitrogens with zero attached hydrogens (tertiary/aromatic N) is 4. The Hall–Kier alpha value is -1.47. The summed E-state index contributed by atoms with van der Waals surface area (Å²) in [6.07, 6.45) is 0. The quantitative estimate of drug-likeness (QED) is 0.809. The first kappa shape index (κ1) is 12.0. The minimum Gasteiger partial charge on any atom is -0.394 e. The van der Waals surface area contributed by atoms with Crippen molar-refractivity contribution in [3.63, 3.8) is 0 Å². The van der Waals surface area contributed by atoms with E-state index in [2.05, 4.69) is 15.5 Å². The van der Waals surface area contributed by atoms with E-state index in [1.165, 1.54) is 28.6 Å². The van der Waals surface area contributed by atoms with Gasteiger partial charge in [0.05, 0.1) is 13.2 Å². The highest BCUT2D eigenvalue weighted by Gasteiger charge is 2.06. The topological polar surface area (TPSA) is 63.8 Å². The van der Waals surface area contributed by atoms with Crippen molar-refractivity contribution in [3.05, 3.63) is 35.6 Å². The van der Waals surface area contributed by atoms with Crippen LogP contribution in [0, 0.1) is 5.82 Å². The van der Waals surface area contributed by atoms with E-state index in [-0.39, 0.29) is 12.4 Å². The second-order valence-electron chi connectivity index (χ2n) is 3.32. The molecule has 2 rings (SSSR count). The molecule has 0 aliphatic carbocycles. The lowest BCUT2D eigenvalue weighted by Crippen LogP contribution is -2.05. The van der Waals surface area contributed by atoms with E-state index in [1.54, 1.807) is 12.1 Å². The van der Waals surface area contributed by atoms with Crippen molar-refractivity contribution in [2.75, 3.05) is 6.61 Å². The summed E-state index contributed by atoms with van der Waals surface area (Å²) < 4.78 is 14.2. The summed E-state index contributed by atoms with van der Waals surface area (Å²) in [4.78, 5) is 0. The Morgan fingerprint density at radius 2 is 2.06 bits per heavy atom. The van der Waals surface area contributed by atoms with E-state index in [4.69, 9.17) is 5.11 Å². The number of aliphatic hydroxyl groups excluding tert-OH is 1. The van der Waals surface area contributed by atoms with E-state index in [1.807, 2.05) is 0 Å². The zero-order valence-electron chi connectivity index (χ0n) is 8.95. The summed E-state index contributed by atoms with van der Waals surface area (Å²) in [6.45, 7) is 0.369. The van der Waals surface area contributed by atoms with Gasteiger partial charge in [-0.3, -0.25) is 0 Å². The normalized spacial score (nSPS) is 10.7. The maximum Gasteiger partial charge on any atom is 0.209 e. The summed E-state index contributed by atoms with van der Waals surface area (Å²) in [5, 5.41) is 20.6. The van der Waals surface area contributed by atoms with Crippen LogP contribution in [0.3, 0.4) is 0 Å². The Bertz CT molecular complexity index is 473. The van der Waals surface area contributed by atoms with Crippen molar-refractivity contribution in [2.45, 2.75) is 17.5 Å². The van der Waals surface area contributed by atoms with Crippen LogP contribution < -0.4 is 0 Å². The molecular weight excluding hydrogens is 243 g/mol. The minimum atomic E-state index is -0.246. The Balaban J connectivity index is 1.97. The van der Waals surface area contributed by atoms with Crippen molar-refractivity contribution in [1.29, 1.82) is 0 Å². The van der Waals surface area contributed by atoms with Gasteiger partial charge >= 0.3 is 0 Å². The number of rotatable bonds is 5. The van der Waals surface area contributed by atoms with Crippen LogP contribution in [0.15, 0.2) is 29.4 Å². The van der Waals surface area contributed by atoms with Gasteiger partial charge < -0.3 is 5.11 Å². The highest BCUT2D eigenvalue weighted by molar-refractivity contribution is 7.98. The van der Waals surface area contributed by atoms with Crippen LogP contribution in [0.25, 0.3) is 0 Å². The first-order valence-electron chi connectivity index (χ1n) is 5.04. The molecule has 1 heterocycles. The third-order valence-corrected chi connectivity index (χ3v) is 3.12. The molecule has 0 amide bonds. The van der Waals surface area contributed by atoms with Gasteiger partial charge in [-0.25, -0.2) is 9.07 Å². The van der Waals surface area contributed by atoms with Crippen LogP contribution in [0.4, 0.5) is 4.39 Å². The van der Waals surface area contributed by atoms with Crippen molar-refractivity contribution in [1.82, 2.24) is 20.2 Å². The summed E-state index contributed by atoms with van der Waals surface area (Å²) in [6, 6.07) is 6.30. The summed E-state index contributed by atoms with van der Waals surface area (Å²) in [5.41, 5.74) is 0.995. The van der Waals surface area contributed by atoms with E-state index in [0.29, 0.717) is 17.5 Å². The van der Waals surface area contributed by atoms with Gasteiger partial charge in [0.2, 0.25) is 5.16 Å². The molecule has 0 bridgehead atoms. The van der Waals surface area contributed by atoms with E-state index in [0.717, 1.165) is 5.56 Å². The average molecular weight is 254 g/mol. The number of benzene rings is 1. The molecule has 0 saturated carbocycles. The molecule has 0 spiro atoms. The van der Waals surface area contributed by atoms with Crippen LogP contribution in [-0.4, -0.2) is 31.9 Å². The van der Waals surface area contributed by atoms with Gasteiger partial charge in [0.15, 0.2) is 0 Å². The molecule has 0 unspecified atom stereocenters. The molecule has 0 aliphatic rings. The number of aliphatic hydroxyl groups is 1. The Labute approximate surface area is 102 Å². The zero-order valence-corrected chi connectivity index (χ0v) is 9.77. The number of hydrogen-bond donors (Lipinski definition) is 1. The molecule has 90 valence electrons. The zero-order chi connectivity index (χ0) is 12.1. The highest BCUT2D eigenvalue weighted by Crippen LogP contribution is 2.19. The smallest absolute Gasteiger partial charge is 0.209 e. The Morgan fingerprint density at radius 1 is 1.29 bits per heavy atom. The SMILES string of the molecule is OCCn1nnnc1SCc1ccc(F)cc1. The fourth-order valence-electron chi connectivity index (χ4n) is 1.26. The largest absolute Gasteiger partial charge is 0.394 e. The number of hydrogen-bond acceptors (Lipinski definition) is 5. The molecule has 1 aromatic heterocycles. The van der Waals surface area contributed by atoms with Crippen molar-refractivity contribution in [3.8, 4) is 0 Å². The molecule has 1 N–H and O–H groups in total. The lowest BCUT2D eigenvalue weighted by molar-refractivity contribution is 0.262. The van der Waals surface area contributed by atoms with Gasteiger partial charge in [-0.15, -0.1) is 5.10 Å². The van der Waals surface area contributed by atoms with Crippen molar-refractivity contribution < 1.29 is 9.50 Å². The van der Waals surface area contributed by atoms with Crippen LogP contribution in [0.5, 0.6) is 0 Å². The van der Waals surface area contributed by atoms with Crippen LogP contribution in [0.1, 0.15) is 5.56 Å². The van der Waals surface area contributed by atoms with E-state index < -0.39 is 0 Å². The van der Waals surface area contributed by atoms with Crippen LogP contribution >= 0.6 is 11.8 Å². The predicted octanol–water partition coefficient (Wildman–Crippen LogP) is 1.10. The molecule has 0 radical (unpaired) electrons. The first-order valence-corrected chi connectivity index (χ1v) is 6.02. The molecule has 0 saturated heterocycles. The van der Waals surface area contributed by atoms with Gasteiger partial charge in [-0.1, -0.05) is 23.9 Å². The molecule has 0 aliphatic heterocycles. The lowest BCUT2D eigenvalue weighted by atomic mass is 10.2. The molecule has 5 nitrogen and oxygen atoms in total. The van der Waals surface area contributed by atoms with Crippen molar-refractivity contribution >= 4 is 11.8 Å². The highest BCUT2D eigenvalue weighted by atomic mass is 32.2. The lowest BCUT2D eigenvalue weighted by Gasteiger charge is -2.02. The fourth-order valence-corrected chi connectivity index (χ4v) is 2.12. The van der Waals surface area contributed by atoms with Crippen LogP contribution in [-0.2, 0) is 12.3 Å². The number of tetrazole rings is 1. The standard InChI is InChI=1S/C10H11FN4OS/c11-9-3-1-8(2-4-9)7-17-10-12-13-14-15(10)5-6-16/h1-4,16H,5-7H2. The molecule has 7 heteroatoms. The van der Waals surface area contributed by atoms with Crippen LogP contribution in [0.2, 0.25) is 0 Å². The predicted molar refractivity (Wildman–Crippen MR) is 60.9 cm³/mol. The summed E-state index contributed by atoms with van der Waals surface area (Å²) >= 11 is 1.45. The Kier molecular flexibility index (Phi) is 4.05. The van der Waals surface area contributed by atoms with Gasteiger partial charge in [0, 0.05) is 5.75 Å². The second kappa shape index (κ2) is 5.74. The van der Waals surface area contributed by atoms with Gasteiger partial charge in [0.1, 0.15) is 5.82 Å². The van der Waals surface area contributed by atoms with Crippen molar-refractivity contribution in [2.24, 2.45) is 0 Å². The molecule has 0 fully saturated rings. The number of halogens is 1. The third kappa shape index (κ3) is 3.24. The minimum absolute atomic E-state index is 0.00481. The second-order valence-corrected chi connectivity index (χ2v) is 4.27. The summed E-state index contributed by atoms with van der Waals surface area (Å²) in [7, 11) is 0. The first-order chi connectivity index (χ1) is 8.29. The molecule has 0 atom stereocenters. The maximum atomic E-state index is 12.7.